The van der Waals surface area contributed by atoms with Crippen molar-refractivity contribution in [1.82, 2.24) is 21.3 Å². The van der Waals surface area contributed by atoms with Gasteiger partial charge in [-0.1, -0.05) is 184 Å². The van der Waals surface area contributed by atoms with E-state index in [0.717, 1.165) is 209 Å². The van der Waals surface area contributed by atoms with E-state index < -0.39 is 0 Å². The molecule has 0 aromatic heterocycles. The summed E-state index contributed by atoms with van der Waals surface area (Å²) in [7, 11) is 18.0. The Hall–Kier alpha value is -4.80. The number of unbranched alkanes of at least 4 members (excludes halogenated alkanes) is 4. The highest BCUT2D eigenvalue weighted by molar-refractivity contribution is 8.01. The van der Waals surface area contributed by atoms with Crippen molar-refractivity contribution in [2.24, 2.45) is 0 Å². The molecule has 4 aromatic rings. The standard InChI is InChI=1S/C84H136N8O8S4/c1-25-29-41-89(17,18)45-33-37-85-73(93)57-97-77-65-49-61(81(5,6)7)50-66(77)102-68-52-63(83(11,12)13)54-70(79(68)99-59-75(95)87-39-35-47-91(21,22)43-31-27-3)104-72-56-64(84(14,15)16)55-71(80(72)100-60-76(96)88-40-36-48-92(23,24)44-32-28-4)103-69-53-62(82(8,9)10)51-67(101-65)78(69)98-58-74(94)86-38-34-46-90(19,20)42-30-26-2/h49-56H,25-48,57-60H2,1-24H3/p+4. The largest absolute Gasteiger partial charge is 0.481 e. The maximum absolute atomic E-state index is 14.4. The summed E-state index contributed by atoms with van der Waals surface area (Å²) in [6.07, 6.45) is 12.4. The van der Waals surface area contributed by atoms with Gasteiger partial charge in [-0.05, 0) is 118 Å². The third-order valence-corrected chi connectivity index (χ3v) is 23.5. The molecule has 0 fully saturated rings. The number of hydrogen-bond acceptors (Lipinski definition) is 12. The first-order valence-electron chi connectivity index (χ1n) is 38.8. The Balaban J connectivity index is 1.87. The zero-order valence-corrected chi connectivity index (χ0v) is 72.4. The first-order chi connectivity index (χ1) is 48.5. The van der Waals surface area contributed by atoms with E-state index in [1.165, 1.54) is 47.0 Å². The van der Waals surface area contributed by atoms with Crippen LogP contribution in [-0.2, 0) is 40.8 Å². The van der Waals surface area contributed by atoms with E-state index in [1.807, 2.05) is 0 Å². The van der Waals surface area contributed by atoms with Gasteiger partial charge in [0.2, 0.25) is 0 Å². The first-order valence-corrected chi connectivity index (χ1v) is 42.1. The van der Waals surface area contributed by atoms with E-state index in [9.17, 15) is 19.2 Å². The van der Waals surface area contributed by atoms with Crippen LogP contribution < -0.4 is 40.2 Å². The maximum Gasteiger partial charge on any atom is 0.257 e. The molecule has 20 heteroatoms. The molecule has 104 heavy (non-hydrogen) atoms. The van der Waals surface area contributed by atoms with Gasteiger partial charge in [-0.25, -0.2) is 0 Å². The highest BCUT2D eigenvalue weighted by Crippen LogP contribution is 2.56. The summed E-state index contributed by atoms with van der Waals surface area (Å²) in [5.74, 6) is 1.07. The molecule has 0 spiro atoms. The Bertz CT molecular complexity index is 2900. The summed E-state index contributed by atoms with van der Waals surface area (Å²) in [4.78, 5) is 63.4. The molecule has 4 aromatic carbocycles. The lowest BCUT2D eigenvalue weighted by Crippen LogP contribution is -2.42. The summed E-state index contributed by atoms with van der Waals surface area (Å²) in [5.41, 5.74) is 2.54. The molecule has 0 aliphatic carbocycles. The Morgan fingerprint density at radius 1 is 0.288 bits per heavy atom. The van der Waals surface area contributed by atoms with E-state index in [1.54, 1.807) is 0 Å². The van der Waals surface area contributed by atoms with Gasteiger partial charge in [0.05, 0.1) is 148 Å². The fraction of sp³-hybridized carbons (Fsp3) is 0.667. The Kier molecular flexibility index (Phi) is 35.0. The predicted octanol–water partition coefficient (Wildman–Crippen LogP) is 16.8. The molecular weight excluding hydrogens is 1380 g/mol. The van der Waals surface area contributed by atoms with Crippen LogP contribution in [0.4, 0.5) is 0 Å². The van der Waals surface area contributed by atoms with Gasteiger partial charge in [0.25, 0.3) is 23.6 Å². The van der Waals surface area contributed by atoms with Crippen LogP contribution in [0.1, 0.15) is 210 Å². The van der Waals surface area contributed by atoms with Crippen molar-refractivity contribution in [3.63, 3.8) is 0 Å². The average molecular weight is 1520 g/mol. The quantitative estimate of drug-likeness (QED) is 0.0218. The van der Waals surface area contributed by atoms with Crippen molar-refractivity contribution in [2.75, 3.05) is 161 Å². The van der Waals surface area contributed by atoms with Crippen LogP contribution in [0.2, 0.25) is 0 Å². The number of hydrogen-bond donors (Lipinski definition) is 4. The van der Waals surface area contributed by atoms with Crippen LogP contribution in [0, 0.1) is 0 Å². The molecule has 1 aliphatic heterocycles. The lowest BCUT2D eigenvalue weighted by atomic mass is 9.87. The molecule has 0 atom stereocenters. The monoisotopic (exact) mass is 1520 g/mol. The summed E-state index contributed by atoms with van der Waals surface area (Å²) >= 11 is 5.97. The molecule has 16 nitrogen and oxygen atoms in total. The number of fused-ring (bicyclic) bond motifs is 8. The number of amides is 4. The van der Waals surface area contributed by atoms with Crippen molar-refractivity contribution in [2.45, 2.75) is 249 Å². The zero-order chi connectivity index (χ0) is 77.5. The lowest BCUT2D eigenvalue weighted by molar-refractivity contribution is -0.890. The molecule has 4 N–H and O–H groups in total. The van der Waals surface area contributed by atoms with Crippen LogP contribution in [-0.4, -0.2) is 203 Å². The second-order valence-corrected chi connectivity index (χ2v) is 39.9. The van der Waals surface area contributed by atoms with Crippen LogP contribution in [0.15, 0.2) is 87.7 Å². The van der Waals surface area contributed by atoms with Crippen LogP contribution in [0.3, 0.4) is 0 Å². The average Bonchev–Trinajstić information content (AvgIpc) is 0.764. The third kappa shape index (κ3) is 30.7. The van der Waals surface area contributed by atoms with Gasteiger partial charge in [-0.15, -0.1) is 0 Å². The molecule has 584 valence electrons. The van der Waals surface area contributed by atoms with Crippen LogP contribution >= 0.6 is 47.0 Å². The second-order valence-electron chi connectivity index (χ2n) is 35.5. The summed E-state index contributed by atoms with van der Waals surface area (Å²) in [5, 5.41) is 12.8. The molecule has 0 unspecified atom stereocenters. The van der Waals surface area contributed by atoms with Crippen molar-refractivity contribution in [1.29, 1.82) is 0 Å². The van der Waals surface area contributed by atoms with Crippen molar-refractivity contribution < 1.29 is 56.1 Å². The minimum atomic E-state index is -0.387. The molecule has 1 aliphatic rings. The lowest BCUT2D eigenvalue weighted by Gasteiger charge is -2.29. The van der Waals surface area contributed by atoms with Gasteiger partial charge in [0.1, 0.15) is 23.0 Å². The number of nitrogens with zero attached hydrogens (tertiary/aromatic N) is 4. The van der Waals surface area contributed by atoms with Gasteiger partial charge < -0.3 is 58.1 Å². The number of nitrogens with one attached hydrogen (secondary N) is 4. The van der Waals surface area contributed by atoms with Crippen molar-refractivity contribution in [3.8, 4) is 23.0 Å². The smallest absolute Gasteiger partial charge is 0.257 e. The topological polar surface area (TPSA) is 153 Å². The normalized spacial score (nSPS) is 13.3. The minimum absolute atomic E-state index is 0.232. The number of carbonyl (C=O) groups is 4. The molecule has 0 radical (unpaired) electrons. The van der Waals surface area contributed by atoms with E-state index in [-0.39, 0.29) is 71.7 Å². The highest BCUT2D eigenvalue weighted by atomic mass is 32.2. The summed E-state index contributed by atoms with van der Waals surface area (Å²) in [6.45, 7) is 44.3. The van der Waals surface area contributed by atoms with Gasteiger partial charge in [-0.2, -0.15) is 0 Å². The maximum atomic E-state index is 14.4. The number of ether oxygens (including phenoxy) is 4. The van der Waals surface area contributed by atoms with Gasteiger partial charge in [0.15, 0.2) is 26.4 Å². The summed E-state index contributed by atoms with van der Waals surface area (Å²) in [6, 6.07) is 17.4. The Labute approximate surface area is 647 Å². The first kappa shape index (κ1) is 89.8. The van der Waals surface area contributed by atoms with Crippen LogP contribution in [0.25, 0.3) is 0 Å². The fourth-order valence-electron chi connectivity index (χ4n) is 12.2. The fourth-order valence-corrected chi connectivity index (χ4v) is 17.0. The highest BCUT2D eigenvalue weighted by Gasteiger charge is 2.33. The van der Waals surface area contributed by atoms with Gasteiger partial charge in [0, 0.05) is 51.9 Å². The number of benzene rings is 4. The minimum Gasteiger partial charge on any atom is -0.481 e. The third-order valence-electron chi connectivity index (χ3n) is 19.3. The summed E-state index contributed by atoms with van der Waals surface area (Å²) < 4.78 is 31.8. The molecule has 0 saturated heterocycles. The van der Waals surface area contributed by atoms with E-state index in [0.29, 0.717) is 49.2 Å². The molecule has 0 saturated carbocycles. The van der Waals surface area contributed by atoms with E-state index >= 15 is 0 Å². The molecule has 8 bridgehead atoms. The number of rotatable bonds is 40. The Morgan fingerprint density at radius 2 is 0.442 bits per heavy atom. The van der Waals surface area contributed by atoms with Gasteiger partial charge >= 0.3 is 0 Å². The van der Waals surface area contributed by atoms with Crippen LogP contribution in [0.5, 0.6) is 23.0 Å². The van der Waals surface area contributed by atoms with Crippen molar-refractivity contribution >= 4 is 70.7 Å². The second kappa shape index (κ2) is 40.6. The zero-order valence-electron chi connectivity index (χ0n) is 69.1. The van der Waals surface area contributed by atoms with Gasteiger partial charge in [-0.3, -0.25) is 19.2 Å². The van der Waals surface area contributed by atoms with Crippen molar-refractivity contribution in [3.05, 3.63) is 70.8 Å². The molecule has 5 rings (SSSR count). The predicted molar refractivity (Wildman–Crippen MR) is 437 cm³/mol. The molecule has 4 amide bonds. The molecule has 1 heterocycles. The number of carbonyl (C=O) groups excluding carboxylic acids is 4. The van der Waals surface area contributed by atoms with E-state index in [2.05, 4.69) is 237 Å². The number of quaternary nitrogens is 4. The SMILES string of the molecule is CCCC[N+](C)(C)CCCNC(=O)COc1c2cc(C(C)(C)C)cc1Sc1cc(C(C)(C)C)cc(c1OCC(=O)NCCC[N+](C)(C)CCCC)Sc1cc(C(C)(C)C)cc(c1OCC(=O)NCCC[N+](C)(C)CCCC)Sc1cc(C(C)(C)C)cc(c1OCC(=O)NCCC[N+](C)(C)CCCC)S2. The Morgan fingerprint density at radius 3 is 0.587 bits per heavy atom. The molecular formula is C84H140N8O8S4+4. The van der Waals surface area contributed by atoms with E-state index in [4.69, 9.17) is 18.9 Å².